The van der Waals surface area contributed by atoms with Crippen molar-refractivity contribution >= 4 is 81.3 Å². The number of anilines is 2. The van der Waals surface area contributed by atoms with Gasteiger partial charge in [0.15, 0.2) is 11.5 Å². The molecule has 28 nitrogen and oxygen atoms in total. The van der Waals surface area contributed by atoms with E-state index in [2.05, 4.69) is 26.3 Å². The summed E-state index contributed by atoms with van der Waals surface area (Å²) >= 11 is 0. The number of fused-ring (bicyclic) bond motifs is 1. The van der Waals surface area contributed by atoms with E-state index in [4.69, 9.17) is 34.4 Å². The number of nitrogens with two attached hydrogens (primary N) is 1. The molecule has 11 atom stereocenters. The molecule has 3 aromatic rings. The van der Waals surface area contributed by atoms with E-state index in [0.29, 0.717) is 36.9 Å². The zero-order valence-corrected chi connectivity index (χ0v) is 58.4. The van der Waals surface area contributed by atoms with Crippen LogP contribution in [0.4, 0.5) is 21.0 Å². The van der Waals surface area contributed by atoms with Crippen LogP contribution in [0.3, 0.4) is 0 Å². The van der Waals surface area contributed by atoms with Crippen molar-refractivity contribution in [3.63, 3.8) is 0 Å². The summed E-state index contributed by atoms with van der Waals surface area (Å²) < 4.78 is 29.9. The van der Waals surface area contributed by atoms with Gasteiger partial charge in [-0.15, -0.1) is 0 Å². The average Bonchev–Trinajstić information content (AvgIpc) is 1.52. The van der Waals surface area contributed by atoms with Crippen LogP contribution in [-0.4, -0.2) is 165 Å². The molecule has 0 aromatic heterocycles. The van der Waals surface area contributed by atoms with Crippen LogP contribution in [0.5, 0.6) is 17.2 Å². The van der Waals surface area contributed by atoms with Crippen LogP contribution in [0.2, 0.25) is 0 Å². The van der Waals surface area contributed by atoms with Gasteiger partial charge in [0.25, 0.3) is 23.5 Å². The Morgan fingerprint density at radius 2 is 1.54 bits per heavy atom. The topological polar surface area (TPSA) is 403 Å². The Morgan fingerprint density at radius 1 is 0.860 bits per heavy atom. The van der Waals surface area contributed by atoms with Crippen molar-refractivity contribution in [3.05, 3.63) is 100.0 Å². The van der Waals surface area contributed by atoms with Crippen LogP contribution >= 0.6 is 0 Å². The SMILES string of the molecule is CO[C@H]1/C=C/O[C@@]2(C)Oc3c(C)c(O)c4c(O)c(c5c(c4c3C2=O)NC2(CCN(C(=O)OCc3ccc(NC(=O)[C@H](CCCNC(N)=O)CC(=O)[C@@H](NC(=O)CCCCCN4C(=O)C=CC4=O)C(C)C)cc3)CC2)N=5)=NC(=O)/C(C)=C\C=C\[C@H](C)[C@H](O)[C@@H](C)[C@@H](O)[C@@H](C)[C@H](OC(C)=O)[C@H]1C. The zero-order valence-electron chi connectivity index (χ0n) is 58.4. The van der Waals surface area contributed by atoms with Crippen LogP contribution < -0.4 is 42.5 Å². The van der Waals surface area contributed by atoms with Gasteiger partial charge in [0.05, 0.1) is 47.3 Å². The number of esters is 1. The normalized spacial score (nSPS) is 25.4. The molecular formula is C72H93N9O19. The fourth-order valence-electron chi connectivity index (χ4n) is 13.3. The van der Waals surface area contributed by atoms with E-state index in [9.17, 15) is 63.6 Å². The maximum Gasteiger partial charge on any atom is 0.410 e. The largest absolute Gasteiger partial charge is 0.507 e. The lowest BCUT2D eigenvalue weighted by Gasteiger charge is -2.38. The number of methoxy groups -OCH3 is 1. The number of aliphatic hydroxyl groups excluding tert-OH is 2. The summed E-state index contributed by atoms with van der Waals surface area (Å²) in [5.41, 5.74) is 5.15. The summed E-state index contributed by atoms with van der Waals surface area (Å²) in [6.07, 6.45) is 7.18. The number of ketones is 2. The highest BCUT2D eigenvalue weighted by Crippen LogP contribution is 2.51. The second-order valence-electron chi connectivity index (χ2n) is 27.1. The van der Waals surface area contributed by atoms with Crippen molar-refractivity contribution < 1.29 is 92.1 Å². The molecule has 4 bridgehead atoms. The number of piperidine rings is 1. The predicted molar refractivity (Wildman–Crippen MR) is 364 cm³/mol. The number of amides is 8. The van der Waals surface area contributed by atoms with Crippen molar-refractivity contribution in [2.45, 2.75) is 176 Å². The highest BCUT2D eigenvalue weighted by Gasteiger charge is 2.51. The first-order valence-corrected chi connectivity index (χ1v) is 33.9. The number of imide groups is 1. The Morgan fingerprint density at radius 3 is 2.18 bits per heavy atom. The molecule has 100 heavy (non-hydrogen) atoms. The zero-order chi connectivity index (χ0) is 73.2. The number of likely N-dealkylation sites (tertiary alicyclic amines) is 1. The number of aliphatic hydroxyl groups is 2. The van der Waals surface area contributed by atoms with Crippen LogP contribution in [0.15, 0.2) is 82.5 Å². The lowest BCUT2D eigenvalue weighted by atomic mass is 9.78. The number of nitrogens with zero attached hydrogens (tertiary/aromatic N) is 4. The predicted octanol–water partition coefficient (Wildman–Crippen LogP) is 6.02. The summed E-state index contributed by atoms with van der Waals surface area (Å²) in [7, 11) is 1.42. The van der Waals surface area contributed by atoms with Crippen LogP contribution in [0, 0.1) is 42.4 Å². The lowest BCUT2D eigenvalue weighted by Crippen LogP contribution is -2.48. The lowest BCUT2D eigenvalue weighted by molar-refractivity contribution is -0.160. The summed E-state index contributed by atoms with van der Waals surface area (Å²) in [5.74, 6) is -11.3. The number of benzene rings is 3. The third-order valence-electron chi connectivity index (χ3n) is 19.4. The molecule has 8 rings (SSSR count). The van der Waals surface area contributed by atoms with E-state index < -0.39 is 119 Å². The molecule has 540 valence electrons. The number of allylic oxidation sites excluding steroid dienone is 2. The quantitative estimate of drug-likeness (QED) is 0.0255. The Labute approximate surface area is 579 Å². The molecule has 28 heteroatoms. The molecule has 1 saturated heterocycles. The average molecular weight is 1390 g/mol. The molecule has 0 radical (unpaired) electrons. The van der Waals surface area contributed by atoms with Crippen molar-refractivity contribution in [2.75, 3.05) is 43.9 Å². The highest BCUT2D eigenvalue weighted by molar-refractivity contribution is 6.22. The van der Waals surface area contributed by atoms with Gasteiger partial charge in [-0.3, -0.25) is 48.2 Å². The molecular weight excluding hydrogens is 1290 g/mol. The minimum atomic E-state index is -2.09. The molecule has 0 saturated carbocycles. The molecule has 0 unspecified atom stereocenters. The number of carbonyl (C=O) groups is 10. The van der Waals surface area contributed by atoms with Gasteiger partial charge in [-0.05, 0) is 69.2 Å². The summed E-state index contributed by atoms with van der Waals surface area (Å²) in [6.45, 7) is 16.4. The number of ether oxygens (including phenoxy) is 5. The fourth-order valence-corrected chi connectivity index (χ4v) is 13.3. The molecule has 5 aliphatic heterocycles. The first kappa shape index (κ1) is 76.2. The number of urea groups is 1. The molecule has 10 N–H and O–H groups in total. The molecule has 3 aromatic carbocycles. The summed E-state index contributed by atoms with van der Waals surface area (Å²) in [4.78, 5) is 144. The van der Waals surface area contributed by atoms with E-state index in [1.165, 1.54) is 70.3 Å². The fraction of sp³-hybridized carbons (Fsp3) is 0.528. The number of hydrogen-bond donors (Lipinski definition) is 9. The van der Waals surface area contributed by atoms with Gasteiger partial charge < -0.3 is 76.0 Å². The maximum atomic E-state index is 15.0. The minimum Gasteiger partial charge on any atom is -0.507 e. The first-order chi connectivity index (χ1) is 47.3. The van der Waals surface area contributed by atoms with Gasteiger partial charge in [0.2, 0.25) is 11.8 Å². The maximum absolute atomic E-state index is 15.0. The third-order valence-corrected chi connectivity index (χ3v) is 19.4. The Balaban J connectivity index is 0.976. The summed E-state index contributed by atoms with van der Waals surface area (Å²) in [6, 6.07) is 4.86. The number of nitrogens with one attached hydrogen (secondary N) is 4. The molecule has 1 spiro atoms. The number of Topliss-reactive ketones (excluding diaryl/α,β-unsaturated/α-hetero) is 2. The van der Waals surface area contributed by atoms with Crippen molar-refractivity contribution in [1.82, 2.24) is 20.4 Å². The number of phenols is 2. The molecule has 8 amide bonds. The van der Waals surface area contributed by atoms with E-state index in [1.54, 1.807) is 78.0 Å². The number of unbranched alkanes of at least 4 members (excludes halogenated alkanes) is 2. The highest BCUT2D eigenvalue weighted by atomic mass is 16.7. The van der Waals surface area contributed by atoms with Gasteiger partial charge in [0.1, 0.15) is 40.6 Å². The summed E-state index contributed by atoms with van der Waals surface area (Å²) in [5, 5.41) is 58.7. The van der Waals surface area contributed by atoms with Crippen molar-refractivity contribution in [3.8, 4) is 17.2 Å². The van der Waals surface area contributed by atoms with Crippen LogP contribution in [-0.2, 0) is 59.1 Å². The van der Waals surface area contributed by atoms with Crippen LogP contribution in [0.1, 0.15) is 142 Å². The van der Waals surface area contributed by atoms with Gasteiger partial charge in [0, 0.05) is 137 Å². The first-order valence-electron chi connectivity index (χ1n) is 33.9. The number of carbonyl (C=O) groups excluding carboxylic acids is 10. The number of phenolic OH excluding ortho intramolecular Hbond substituents is 2. The number of primary amides is 1. The third kappa shape index (κ3) is 17.4. The van der Waals surface area contributed by atoms with E-state index >= 15 is 4.79 Å². The van der Waals surface area contributed by atoms with Gasteiger partial charge >= 0.3 is 23.9 Å². The Bertz CT molecular complexity index is 3910. The standard InChI is InChI=1S/C72H93N9O19/c1-37(2)56(76-50(84)20-13-12-14-31-81-51(85)25-26-52(81)86)48(83)35-46(19-16-30-74-69(73)94)68(93)75-47-23-21-45(22-24-47)36-97-70(95)80-32-28-72(29-33-80)78-57-53-54-62(89)43(8)65-55(53)66(91)71(10,100-65)98-34-27-49(96-11)40(5)64(99-44(9)82)42(7)61(88)41(6)60(87)38(3)17-15-18-39(4)67(92)77-59(63(54)90)58(57)79-72/h15,17-18,21-27,34,37-38,40-42,46,49,56,60-61,64,78,87-90H,12-14,16,19-20,28-33,35-36H2,1-11H3,(H,75,93)(H,76,84)(H3,73,74,94)/b17-15+,34-27+,39-18-,77-59?/t38-,40-,41+,42+,46+,49-,56-,60-,61+,64+,71-/m0/s1. The van der Waals surface area contributed by atoms with Gasteiger partial charge in [-0.2, -0.15) is 0 Å². The van der Waals surface area contributed by atoms with E-state index in [-0.39, 0.29) is 144 Å². The number of rotatable bonds is 21. The second kappa shape index (κ2) is 32.6. The number of hydrogen-bond acceptors (Lipinski definition) is 21. The van der Waals surface area contributed by atoms with Crippen molar-refractivity contribution in [1.29, 1.82) is 0 Å². The monoisotopic (exact) mass is 1390 g/mol. The Hall–Kier alpha value is -9.54. The smallest absolute Gasteiger partial charge is 0.410 e. The Kier molecular flexibility index (Phi) is 24.9. The van der Waals surface area contributed by atoms with Crippen LogP contribution in [0.25, 0.3) is 10.8 Å². The van der Waals surface area contributed by atoms with E-state index in [0.717, 1.165) is 4.90 Å². The molecule has 5 aliphatic rings. The van der Waals surface area contributed by atoms with Crippen molar-refractivity contribution in [2.24, 2.45) is 51.2 Å². The molecule has 1 fully saturated rings. The molecule has 0 aliphatic carbocycles. The van der Waals surface area contributed by atoms with Gasteiger partial charge in [-0.25, -0.2) is 14.6 Å². The van der Waals surface area contributed by atoms with E-state index in [1.807, 2.05) is 0 Å². The minimum absolute atomic E-state index is 0.00553. The molecule has 5 heterocycles. The van der Waals surface area contributed by atoms with Gasteiger partial charge in [-0.1, -0.05) is 78.3 Å². The number of aromatic hydroxyl groups is 2. The second-order valence-corrected chi connectivity index (χ2v) is 27.1.